The van der Waals surface area contributed by atoms with Crippen molar-refractivity contribution in [1.82, 2.24) is 14.8 Å². The minimum absolute atomic E-state index is 0.0222. The lowest BCUT2D eigenvalue weighted by molar-refractivity contribution is -0.130. The third kappa shape index (κ3) is 5.35. The molecule has 30 heavy (non-hydrogen) atoms. The number of thiazole rings is 1. The Kier molecular flexibility index (Phi) is 6.71. The molecule has 1 aromatic carbocycles. The first-order chi connectivity index (χ1) is 14.2. The van der Waals surface area contributed by atoms with E-state index in [2.05, 4.69) is 15.6 Å². The quantitative estimate of drug-likeness (QED) is 0.781. The first-order valence-corrected chi connectivity index (χ1v) is 10.7. The first-order valence-electron chi connectivity index (χ1n) is 9.86. The number of benzene rings is 1. The van der Waals surface area contributed by atoms with E-state index in [-0.39, 0.29) is 24.3 Å². The van der Waals surface area contributed by atoms with Crippen molar-refractivity contribution >= 4 is 40.0 Å². The summed E-state index contributed by atoms with van der Waals surface area (Å²) in [6.07, 6.45) is 0.135. The van der Waals surface area contributed by atoms with Crippen molar-refractivity contribution in [3.05, 3.63) is 39.9 Å². The van der Waals surface area contributed by atoms with Crippen LogP contribution in [0.15, 0.2) is 17.5 Å². The van der Waals surface area contributed by atoms with Gasteiger partial charge in [0.15, 0.2) is 5.13 Å². The largest absolute Gasteiger partial charge is 0.339 e. The van der Waals surface area contributed by atoms with Crippen LogP contribution in [0.1, 0.15) is 29.3 Å². The summed E-state index contributed by atoms with van der Waals surface area (Å²) in [5, 5.41) is 7.98. The number of piperazine rings is 1. The minimum atomic E-state index is -0.241. The van der Waals surface area contributed by atoms with Crippen molar-refractivity contribution < 1.29 is 14.4 Å². The molecule has 4 amide bonds. The van der Waals surface area contributed by atoms with Gasteiger partial charge in [0.2, 0.25) is 11.8 Å². The SMILES string of the molecule is CC(=O)N1CCN(C(=O)Nc2nc(CC(=O)Nc3c(C)cc(C)cc3C)cs2)CC1. The zero-order valence-electron chi connectivity index (χ0n) is 17.7. The summed E-state index contributed by atoms with van der Waals surface area (Å²) in [5.74, 6) is -0.123. The van der Waals surface area contributed by atoms with E-state index < -0.39 is 0 Å². The highest BCUT2D eigenvalue weighted by atomic mass is 32.1. The van der Waals surface area contributed by atoms with Crippen LogP contribution >= 0.6 is 11.3 Å². The molecule has 1 aromatic heterocycles. The van der Waals surface area contributed by atoms with Crippen molar-refractivity contribution in [2.24, 2.45) is 0 Å². The van der Waals surface area contributed by atoms with Gasteiger partial charge in [-0.2, -0.15) is 0 Å². The van der Waals surface area contributed by atoms with Crippen LogP contribution in [0, 0.1) is 20.8 Å². The number of aryl methyl sites for hydroxylation is 3. The van der Waals surface area contributed by atoms with Crippen molar-refractivity contribution in [3.8, 4) is 0 Å². The molecule has 160 valence electrons. The molecule has 0 saturated carbocycles. The minimum Gasteiger partial charge on any atom is -0.339 e. The highest BCUT2D eigenvalue weighted by molar-refractivity contribution is 7.13. The number of nitrogens with zero attached hydrogens (tertiary/aromatic N) is 3. The van der Waals surface area contributed by atoms with Gasteiger partial charge in [-0.05, 0) is 31.9 Å². The van der Waals surface area contributed by atoms with E-state index >= 15 is 0 Å². The molecule has 0 bridgehead atoms. The van der Waals surface area contributed by atoms with Crippen LogP contribution in [0.3, 0.4) is 0 Å². The molecule has 0 radical (unpaired) electrons. The molecule has 0 spiro atoms. The van der Waals surface area contributed by atoms with Gasteiger partial charge in [-0.25, -0.2) is 9.78 Å². The van der Waals surface area contributed by atoms with E-state index in [0.717, 1.165) is 22.4 Å². The Morgan fingerprint density at radius 1 is 1.00 bits per heavy atom. The van der Waals surface area contributed by atoms with Gasteiger partial charge in [-0.1, -0.05) is 17.7 Å². The molecule has 0 unspecified atom stereocenters. The molecule has 2 aromatic rings. The van der Waals surface area contributed by atoms with Gasteiger partial charge in [-0.15, -0.1) is 11.3 Å². The summed E-state index contributed by atoms with van der Waals surface area (Å²) in [6, 6.07) is 3.83. The highest BCUT2D eigenvalue weighted by Crippen LogP contribution is 2.23. The molecule has 3 rings (SSSR count). The molecule has 1 aliphatic heterocycles. The fraction of sp³-hybridized carbons (Fsp3) is 0.429. The molecule has 1 fully saturated rings. The normalized spacial score (nSPS) is 13.9. The summed E-state index contributed by atoms with van der Waals surface area (Å²) >= 11 is 1.29. The summed E-state index contributed by atoms with van der Waals surface area (Å²) < 4.78 is 0. The molecule has 0 atom stereocenters. The number of nitrogens with one attached hydrogen (secondary N) is 2. The molecule has 8 nitrogen and oxygen atoms in total. The molecule has 2 N–H and O–H groups in total. The molecule has 2 heterocycles. The second-order valence-electron chi connectivity index (χ2n) is 7.57. The number of carbonyl (C=O) groups excluding carboxylic acids is 3. The Labute approximate surface area is 180 Å². The second-order valence-corrected chi connectivity index (χ2v) is 8.42. The fourth-order valence-corrected chi connectivity index (χ4v) is 4.27. The average Bonchev–Trinajstić information content (AvgIpc) is 3.11. The van der Waals surface area contributed by atoms with E-state index in [4.69, 9.17) is 0 Å². The molecule has 0 aliphatic carbocycles. The number of anilines is 2. The molecular formula is C21H27N5O3S. The van der Waals surface area contributed by atoms with Crippen LogP contribution in [0.25, 0.3) is 0 Å². The topological polar surface area (TPSA) is 94.6 Å². The number of carbonyl (C=O) groups is 3. The van der Waals surface area contributed by atoms with Gasteiger partial charge < -0.3 is 15.1 Å². The standard InChI is InChI=1S/C21H27N5O3S/c1-13-9-14(2)19(15(3)10-13)23-18(28)11-17-12-30-20(22-17)24-21(29)26-7-5-25(6-8-26)16(4)27/h9-10,12H,5-8,11H2,1-4H3,(H,23,28)(H,22,24,29). The smallest absolute Gasteiger partial charge is 0.323 e. The van der Waals surface area contributed by atoms with E-state index in [9.17, 15) is 14.4 Å². The van der Waals surface area contributed by atoms with Crippen LogP contribution in [0.2, 0.25) is 0 Å². The average molecular weight is 430 g/mol. The third-order valence-electron chi connectivity index (χ3n) is 5.06. The lowest BCUT2D eigenvalue weighted by atomic mass is 10.0. The molecule has 9 heteroatoms. The Hall–Kier alpha value is -2.94. The lowest BCUT2D eigenvalue weighted by Gasteiger charge is -2.33. The number of urea groups is 1. The maximum absolute atomic E-state index is 12.5. The number of amides is 4. The van der Waals surface area contributed by atoms with Crippen LogP contribution in [0.4, 0.5) is 15.6 Å². The first kappa shape index (κ1) is 21.8. The summed E-state index contributed by atoms with van der Waals surface area (Å²) in [5.41, 5.74) is 4.65. The Bertz CT molecular complexity index is 940. The van der Waals surface area contributed by atoms with Crippen molar-refractivity contribution in [3.63, 3.8) is 0 Å². The van der Waals surface area contributed by atoms with Gasteiger partial charge in [0.25, 0.3) is 0 Å². The van der Waals surface area contributed by atoms with Gasteiger partial charge in [-0.3, -0.25) is 14.9 Å². The third-order valence-corrected chi connectivity index (χ3v) is 5.87. The number of aromatic nitrogens is 1. The summed E-state index contributed by atoms with van der Waals surface area (Å²) in [7, 11) is 0. The number of hydrogen-bond donors (Lipinski definition) is 2. The Morgan fingerprint density at radius 2 is 1.60 bits per heavy atom. The van der Waals surface area contributed by atoms with Crippen LogP contribution in [0.5, 0.6) is 0 Å². The molecule has 1 aliphatic rings. The molecular weight excluding hydrogens is 402 g/mol. The Balaban J connectivity index is 1.53. The monoisotopic (exact) mass is 429 g/mol. The predicted molar refractivity (Wildman–Crippen MR) is 118 cm³/mol. The van der Waals surface area contributed by atoms with Gasteiger partial charge in [0, 0.05) is 44.2 Å². The zero-order valence-corrected chi connectivity index (χ0v) is 18.6. The van der Waals surface area contributed by atoms with Crippen LogP contribution in [-0.4, -0.2) is 58.8 Å². The lowest BCUT2D eigenvalue weighted by Crippen LogP contribution is -2.51. The van der Waals surface area contributed by atoms with Gasteiger partial charge in [0.1, 0.15) is 0 Å². The zero-order chi connectivity index (χ0) is 21.8. The Morgan fingerprint density at radius 3 is 2.20 bits per heavy atom. The summed E-state index contributed by atoms with van der Waals surface area (Å²) in [6.45, 7) is 9.55. The van der Waals surface area contributed by atoms with Crippen molar-refractivity contribution in [2.45, 2.75) is 34.1 Å². The summed E-state index contributed by atoms with van der Waals surface area (Å²) in [4.78, 5) is 44.0. The van der Waals surface area contributed by atoms with Gasteiger partial charge in [0.05, 0.1) is 12.1 Å². The van der Waals surface area contributed by atoms with E-state index in [0.29, 0.717) is 37.0 Å². The van der Waals surface area contributed by atoms with Gasteiger partial charge >= 0.3 is 6.03 Å². The van der Waals surface area contributed by atoms with Crippen molar-refractivity contribution in [1.29, 1.82) is 0 Å². The van der Waals surface area contributed by atoms with E-state index in [1.54, 1.807) is 15.2 Å². The number of hydrogen-bond acceptors (Lipinski definition) is 5. The number of rotatable bonds is 4. The van der Waals surface area contributed by atoms with Crippen LogP contribution < -0.4 is 10.6 Å². The maximum Gasteiger partial charge on any atom is 0.323 e. The fourth-order valence-electron chi connectivity index (χ4n) is 3.57. The highest BCUT2D eigenvalue weighted by Gasteiger charge is 2.23. The van der Waals surface area contributed by atoms with E-state index in [1.807, 2.05) is 32.9 Å². The van der Waals surface area contributed by atoms with Crippen molar-refractivity contribution in [2.75, 3.05) is 36.8 Å². The molecule has 1 saturated heterocycles. The van der Waals surface area contributed by atoms with Crippen LogP contribution in [-0.2, 0) is 16.0 Å². The predicted octanol–water partition coefficient (Wildman–Crippen LogP) is 2.95. The maximum atomic E-state index is 12.5. The van der Waals surface area contributed by atoms with E-state index in [1.165, 1.54) is 18.3 Å². The second kappa shape index (κ2) is 9.25.